The first-order chi connectivity index (χ1) is 9.69. The van der Waals surface area contributed by atoms with Gasteiger partial charge in [0.2, 0.25) is 12.2 Å². The van der Waals surface area contributed by atoms with Crippen LogP contribution >= 0.6 is 0 Å². The normalized spacial score (nSPS) is 8.80. The van der Waals surface area contributed by atoms with Gasteiger partial charge in [0.1, 0.15) is 0 Å². The van der Waals surface area contributed by atoms with E-state index in [0.717, 1.165) is 0 Å². The van der Waals surface area contributed by atoms with E-state index in [-0.39, 0.29) is 11.1 Å². The molecular formula is C12H8N2O6. The molecule has 0 aliphatic heterocycles. The molecule has 0 N–H and O–H groups in total. The molecule has 0 aliphatic carbocycles. The highest BCUT2D eigenvalue weighted by molar-refractivity contribution is 5.95. The number of hydrogen-bond donors (Lipinski definition) is 0. The van der Waals surface area contributed by atoms with Crippen molar-refractivity contribution in [1.29, 1.82) is 0 Å². The summed E-state index contributed by atoms with van der Waals surface area (Å²) in [5.74, 6) is -1.52. The molecular weight excluding hydrogens is 268 g/mol. The van der Waals surface area contributed by atoms with Crippen molar-refractivity contribution in [3.05, 3.63) is 35.4 Å². The SMILES string of the molecule is O=C=NCOC(=O)c1cccc(C(=O)OCN=C=O)c1. The van der Waals surface area contributed by atoms with E-state index in [0.29, 0.717) is 0 Å². The zero-order valence-corrected chi connectivity index (χ0v) is 10.1. The minimum atomic E-state index is -0.760. The lowest BCUT2D eigenvalue weighted by atomic mass is 10.1. The van der Waals surface area contributed by atoms with Gasteiger partial charge in [0, 0.05) is 0 Å². The Balaban J connectivity index is 2.74. The smallest absolute Gasteiger partial charge is 0.339 e. The summed E-state index contributed by atoms with van der Waals surface area (Å²) in [5.41, 5.74) is 0.166. The third-order valence-corrected chi connectivity index (χ3v) is 1.98. The number of isocyanates is 2. The van der Waals surface area contributed by atoms with Crippen LogP contribution in [0.5, 0.6) is 0 Å². The van der Waals surface area contributed by atoms with Crippen LogP contribution in [0.1, 0.15) is 20.7 Å². The lowest BCUT2D eigenvalue weighted by Gasteiger charge is -2.04. The van der Waals surface area contributed by atoms with Gasteiger partial charge >= 0.3 is 11.9 Å². The highest BCUT2D eigenvalue weighted by Crippen LogP contribution is 2.08. The molecule has 0 heterocycles. The molecule has 0 bridgehead atoms. The van der Waals surface area contributed by atoms with Gasteiger partial charge in [-0.1, -0.05) is 6.07 Å². The first-order valence-electron chi connectivity index (χ1n) is 5.20. The Kier molecular flexibility index (Phi) is 6.06. The van der Waals surface area contributed by atoms with Gasteiger partial charge in [0.25, 0.3) is 0 Å². The molecule has 102 valence electrons. The van der Waals surface area contributed by atoms with E-state index in [4.69, 9.17) is 0 Å². The molecule has 1 aromatic rings. The topological polar surface area (TPSA) is 111 Å². The summed E-state index contributed by atoms with van der Waals surface area (Å²) in [5, 5.41) is 0. The number of carbonyl (C=O) groups is 2. The van der Waals surface area contributed by atoms with Gasteiger partial charge < -0.3 is 9.47 Å². The van der Waals surface area contributed by atoms with E-state index in [9.17, 15) is 19.2 Å². The van der Waals surface area contributed by atoms with E-state index in [1.807, 2.05) is 0 Å². The van der Waals surface area contributed by atoms with Gasteiger partial charge in [-0.2, -0.15) is 9.98 Å². The molecule has 0 saturated heterocycles. The molecule has 0 fully saturated rings. The fraction of sp³-hybridized carbons (Fsp3) is 0.167. The Bertz CT molecular complexity index is 550. The summed E-state index contributed by atoms with van der Waals surface area (Å²) < 4.78 is 9.22. The highest BCUT2D eigenvalue weighted by atomic mass is 16.5. The quantitative estimate of drug-likeness (QED) is 0.427. The number of benzene rings is 1. The summed E-state index contributed by atoms with van der Waals surface area (Å²) >= 11 is 0. The van der Waals surface area contributed by atoms with Crippen LogP contribution in [-0.2, 0) is 19.1 Å². The van der Waals surface area contributed by atoms with E-state index in [2.05, 4.69) is 19.5 Å². The molecule has 0 aromatic heterocycles. The Morgan fingerprint density at radius 1 is 0.950 bits per heavy atom. The largest absolute Gasteiger partial charge is 0.438 e. The molecule has 0 aliphatic rings. The second-order valence-corrected chi connectivity index (χ2v) is 3.20. The fourth-order valence-electron chi connectivity index (χ4n) is 1.17. The van der Waals surface area contributed by atoms with Crippen molar-refractivity contribution in [3.8, 4) is 0 Å². The molecule has 0 radical (unpaired) electrons. The van der Waals surface area contributed by atoms with Gasteiger partial charge in [-0.15, -0.1) is 0 Å². The van der Waals surface area contributed by atoms with Gasteiger partial charge in [-0.25, -0.2) is 19.2 Å². The van der Waals surface area contributed by atoms with E-state index < -0.39 is 25.4 Å². The lowest BCUT2D eigenvalue weighted by Crippen LogP contribution is -2.09. The highest BCUT2D eigenvalue weighted by Gasteiger charge is 2.12. The average molecular weight is 276 g/mol. The summed E-state index contributed by atoms with van der Waals surface area (Å²) in [7, 11) is 0. The second-order valence-electron chi connectivity index (χ2n) is 3.20. The fourth-order valence-corrected chi connectivity index (χ4v) is 1.17. The van der Waals surface area contributed by atoms with Crippen LogP contribution in [0.15, 0.2) is 34.3 Å². The maximum absolute atomic E-state index is 11.5. The van der Waals surface area contributed by atoms with Crippen molar-refractivity contribution in [3.63, 3.8) is 0 Å². The molecule has 8 nitrogen and oxygen atoms in total. The molecule has 0 atom stereocenters. The van der Waals surface area contributed by atoms with E-state index in [1.165, 1.54) is 36.4 Å². The first kappa shape index (κ1) is 15.0. The molecule has 8 heteroatoms. The van der Waals surface area contributed by atoms with Gasteiger partial charge in [0.05, 0.1) is 11.1 Å². The zero-order chi connectivity index (χ0) is 14.8. The van der Waals surface area contributed by atoms with E-state index >= 15 is 0 Å². The predicted molar refractivity (Wildman–Crippen MR) is 63.3 cm³/mol. The van der Waals surface area contributed by atoms with Crippen molar-refractivity contribution in [1.82, 2.24) is 0 Å². The van der Waals surface area contributed by atoms with Crippen LogP contribution in [0.4, 0.5) is 0 Å². The third kappa shape index (κ3) is 4.66. The summed E-state index contributed by atoms with van der Waals surface area (Å²) in [6.45, 7) is -0.907. The molecule has 0 saturated carbocycles. The Morgan fingerprint density at radius 3 is 1.80 bits per heavy atom. The molecule has 1 aromatic carbocycles. The standard InChI is InChI=1S/C12H8N2O6/c15-5-13-7-19-11(17)9-2-1-3-10(4-9)12(18)20-8-14-6-16/h1-4H,7-8H2. The number of nitrogens with zero attached hydrogens (tertiary/aromatic N) is 2. The Labute approximate surface area is 112 Å². The van der Waals surface area contributed by atoms with Crippen molar-refractivity contribution in [2.45, 2.75) is 0 Å². The number of rotatable bonds is 6. The van der Waals surface area contributed by atoms with Crippen molar-refractivity contribution < 1.29 is 28.7 Å². The summed E-state index contributed by atoms with van der Waals surface area (Å²) in [6.07, 6.45) is 2.43. The molecule has 0 spiro atoms. The number of aliphatic imine (C=N–C) groups is 2. The van der Waals surface area contributed by atoms with Crippen LogP contribution < -0.4 is 0 Å². The van der Waals surface area contributed by atoms with Gasteiger partial charge in [-0.3, -0.25) is 0 Å². The first-order valence-corrected chi connectivity index (χ1v) is 5.20. The van der Waals surface area contributed by atoms with Gasteiger partial charge in [0.15, 0.2) is 13.5 Å². The number of esters is 2. The molecule has 0 unspecified atom stereocenters. The van der Waals surface area contributed by atoms with Crippen LogP contribution in [0.2, 0.25) is 0 Å². The maximum Gasteiger partial charge on any atom is 0.339 e. The minimum Gasteiger partial charge on any atom is -0.438 e. The van der Waals surface area contributed by atoms with E-state index in [1.54, 1.807) is 0 Å². The van der Waals surface area contributed by atoms with Crippen molar-refractivity contribution in [2.75, 3.05) is 13.5 Å². The number of hydrogen-bond acceptors (Lipinski definition) is 8. The molecule has 1 rings (SSSR count). The Morgan fingerprint density at radius 2 is 1.40 bits per heavy atom. The average Bonchev–Trinajstić information content (AvgIpc) is 2.47. The zero-order valence-electron chi connectivity index (χ0n) is 10.1. The summed E-state index contributed by atoms with van der Waals surface area (Å²) in [6, 6.07) is 5.50. The second kappa shape index (κ2) is 8.10. The maximum atomic E-state index is 11.5. The van der Waals surface area contributed by atoms with Gasteiger partial charge in [-0.05, 0) is 18.2 Å². The molecule has 20 heavy (non-hydrogen) atoms. The van der Waals surface area contributed by atoms with Crippen molar-refractivity contribution >= 4 is 24.1 Å². The van der Waals surface area contributed by atoms with Crippen LogP contribution in [0.25, 0.3) is 0 Å². The predicted octanol–water partition coefficient (Wildman–Crippen LogP) is 0.587. The number of ether oxygens (including phenoxy) is 2. The lowest BCUT2D eigenvalue weighted by molar-refractivity contribution is 0.0516. The number of carbonyl (C=O) groups excluding carboxylic acids is 4. The minimum absolute atomic E-state index is 0.0828. The molecule has 0 amide bonds. The monoisotopic (exact) mass is 276 g/mol. The van der Waals surface area contributed by atoms with Crippen LogP contribution in [-0.4, -0.2) is 37.6 Å². The third-order valence-electron chi connectivity index (χ3n) is 1.98. The Hall–Kier alpha value is -3.08. The summed E-state index contributed by atoms with van der Waals surface area (Å²) in [4.78, 5) is 48.8. The van der Waals surface area contributed by atoms with Crippen LogP contribution in [0, 0.1) is 0 Å². The van der Waals surface area contributed by atoms with Crippen molar-refractivity contribution in [2.24, 2.45) is 9.98 Å². The van der Waals surface area contributed by atoms with Crippen LogP contribution in [0.3, 0.4) is 0 Å².